The summed E-state index contributed by atoms with van der Waals surface area (Å²) in [4.78, 5) is 23.2. The van der Waals surface area contributed by atoms with Crippen molar-refractivity contribution in [2.45, 2.75) is 386 Å². The van der Waals surface area contributed by atoms with Gasteiger partial charge >= 0.3 is 13.8 Å². The number of quaternary nitrogens is 1. The molecule has 0 radical (unpaired) electrons. The zero-order valence-electron chi connectivity index (χ0n) is 53.7. The molecule has 0 fully saturated rings. The Balaban J connectivity index is 3.82. The fourth-order valence-electron chi connectivity index (χ4n) is 11.0. The van der Waals surface area contributed by atoms with Gasteiger partial charge in [-0.1, -0.05) is 361 Å². The number of rotatable bonds is 68. The highest BCUT2D eigenvalue weighted by molar-refractivity contribution is 7.47. The third-order valence-corrected chi connectivity index (χ3v) is 17.4. The molecule has 1 unspecified atom stereocenters. The number of nitrogens with zero attached hydrogens (tertiary/aromatic N) is 1. The maximum Gasteiger partial charge on any atom is 0.472 e. The fraction of sp³-hybridized carbons (Fsp3) is 0.986. The second-order valence-corrected chi connectivity index (χ2v) is 27.1. The Morgan fingerprint density at radius 2 is 0.590 bits per heavy atom. The molecule has 2 atom stereocenters. The molecule has 0 aromatic carbocycles. The molecule has 0 rings (SSSR count). The van der Waals surface area contributed by atoms with Crippen molar-refractivity contribution in [2.75, 3.05) is 54.1 Å². The summed E-state index contributed by atoms with van der Waals surface area (Å²) < 4.78 is 35.4. The number of carbonyl (C=O) groups is 1. The number of esters is 1. The summed E-state index contributed by atoms with van der Waals surface area (Å²) in [7, 11) is 1.70. The number of unbranched alkanes of at least 4 members (excludes halogenated alkanes) is 54. The van der Waals surface area contributed by atoms with Crippen LogP contribution in [-0.2, 0) is 27.9 Å². The van der Waals surface area contributed by atoms with Crippen LogP contribution in [0.1, 0.15) is 380 Å². The molecule has 8 nitrogen and oxygen atoms in total. The normalized spacial score (nSPS) is 13.2. The monoisotopic (exact) mass is 1130 g/mol. The number of phosphoric acid groups is 1. The van der Waals surface area contributed by atoms with Gasteiger partial charge in [-0.2, -0.15) is 0 Å². The molecule has 0 aliphatic rings. The van der Waals surface area contributed by atoms with Gasteiger partial charge in [0.1, 0.15) is 19.3 Å². The van der Waals surface area contributed by atoms with E-state index >= 15 is 0 Å². The first-order valence-electron chi connectivity index (χ1n) is 35.3. The van der Waals surface area contributed by atoms with Crippen molar-refractivity contribution in [1.29, 1.82) is 0 Å². The molecule has 0 aliphatic heterocycles. The average Bonchev–Trinajstić information content (AvgIpc) is 3.41. The van der Waals surface area contributed by atoms with Gasteiger partial charge < -0.3 is 18.9 Å². The van der Waals surface area contributed by atoms with Gasteiger partial charge in [0.05, 0.1) is 34.4 Å². The maximum atomic E-state index is 12.9. The predicted molar refractivity (Wildman–Crippen MR) is 340 cm³/mol. The highest BCUT2D eigenvalue weighted by Crippen LogP contribution is 2.43. The number of hydrogen-bond donors (Lipinski definition) is 1. The van der Waals surface area contributed by atoms with E-state index in [4.69, 9.17) is 18.5 Å². The minimum atomic E-state index is -4.28. The van der Waals surface area contributed by atoms with Gasteiger partial charge in [-0.05, 0) is 12.8 Å². The summed E-state index contributed by atoms with van der Waals surface area (Å²) in [6.07, 6.45) is 76.6. The van der Waals surface area contributed by atoms with Crippen LogP contribution >= 0.6 is 7.82 Å². The lowest BCUT2D eigenvalue weighted by Crippen LogP contribution is -2.37. The molecule has 0 aliphatic carbocycles. The smallest absolute Gasteiger partial charge is 0.457 e. The van der Waals surface area contributed by atoms with Crippen LogP contribution in [0.5, 0.6) is 0 Å². The van der Waals surface area contributed by atoms with Crippen molar-refractivity contribution < 1.29 is 37.3 Å². The average molecular weight is 1130 g/mol. The first-order chi connectivity index (χ1) is 38.1. The Morgan fingerprint density at radius 1 is 0.346 bits per heavy atom. The second kappa shape index (κ2) is 62.5. The summed E-state index contributed by atoms with van der Waals surface area (Å²) >= 11 is 0. The van der Waals surface area contributed by atoms with Crippen LogP contribution in [0.25, 0.3) is 0 Å². The van der Waals surface area contributed by atoms with Crippen LogP contribution in [0.3, 0.4) is 0 Å². The Hall–Kier alpha value is -0.500. The summed E-state index contributed by atoms with van der Waals surface area (Å²) in [6, 6.07) is 0. The van der Waals surface area contributed by atoms with Gasteiger partial charge in [0.25, 0.3) is 0 Å². The van der Waals surface area contributed by atoms with E-state index in [0.29, 0.717) is 24.1 Å². The highest BCUT2D eigenvalue weighted by Gasteiger charge is 2.26. The van der Waals surface area contributed by atoms with E-state index in [-0.39, 0.29) is 25.8 Å². The van der Waals surface area contributed by atoms with E-state index in [9.17, 15) is 14.3 Å². The number of ether oxygens (including phenoxy) is 2. The summed E-state index contributed by atoms with van der Waals surface area (Å²) in [5, 5.41) is 0. The molecule has 0 saturated carbocycles. The second-order valence-electron chi connectivity index (χ2n) is 25.6. The first-order valence-corrected chi connectivity index (χ1v) is 36.8. The van der Waals surface area contributed by atoms with E-state index in [0.717, 1.165) is 32.1 Å². The molecule has 78 heavy (non-hydrogen) atoms. The van der Waals surface area contributed by atoms with Gasteiger partial charge in [-0.25, -0.2) is 4.57 Å². The van der Waals surface area contributed by atoms with E-state index in [2.05, 4.69) is 13.8 Å². The van der Waals surface area contributed by atoms with Crippen molar-refractivity contribution in [2.24, 2.45) is 0 Å². The molecule has 1 N–H and O–H groups in total. The summed E-state index contributed by atoms with van der Waals surface area (Å²) in [5.41, 5.74) is 0. The van der Waals surface area contributed by atoms with E-state index in [1.54, 1.807) is 0 Å². The van der Waals surface area contributed by atoms with Gasteiger partial charge in [-0.15, -0.1) is 0 Å². The van der Waals surface area contributed by atoms with Crippen LogP contribution in [0.2, 0.25) is 0 Å². The van der Waals surface area contributed by atoms with E-state index in [1.165, 1.54) is 327 Å². The van der Waals surface area contributed by atoms with Crippen molar-refractivity contribution in [3.63, 3.8) is 0 Å². The van der Waals surface area contributed by atoms with Crippen molar-refractivity contribution in [3.8, 4) is 0 Å². The molecule has 0 heterocycles. The summed E-state index contributed by atoms with van der Waals surface area (Å²) in [5.74, 6) is -0.300. The van der Waals surface area contributed by atoms with Crippen molar-refractivity contribution >= 4 is 13.8 Å². The standard InChI is InChI=1S/C69H140NO7P/c1-6-8-10-12-14-16-18-20-22-24-26-28-29-30-31-32-33-34-35-36-37-38-39-40-41-42-43-44-46-48-50-52-54-56-58-60-62-69(71)77-68(67-76-78(72,73)75-65-63-70(3,4)5)66-74-64-61-59-57-55-53-51-49-47-45-27-25-23-21-19-17-15-13-11-9-7-2/h68H,6-67H2,1-5H3/p+1/t68-/m1/s1. The fourth-order valence-corrected chi connectivity index (χ4v) is 11.8. The molecule has 9 heteroatoms. The number of hydrogen-bond acceptors (Lipinski definition) is 6. The molecular weight excluding hydrogens is 986 g/mol. The molecule has 0 aromatic rings. The Labute approximate surface area is 488 Å². The first kappa shape index (κ1) is 77.5. The molecule has 0 amide bonds. The number of likely N-dealkylation sites (N-methyl/N-ethyl adjacent to an activating group) is 1. The van der Waals surface area contributed by atoms with Crippen LogP contribution in [-0.4, -0.2) is 75.6 Å². The molecule has 468 valence electrons. The lowest BCUT2D eigenvalue weighted by Gasteiger charge is -2.24. The SMILES string of the molecule is CCCCCCCCCCCCCCCCCCCCCCCCCCCCCCCCCCCCCCC(=O)O[C@H](COCCCCCCCCCCCCCCCCCCCCCC)COP(=O)(O)OCC[N+](C)(C)C. The lowest BCUT2D eigenvalue weighted by atomic mass is 10.0. The lowest BCUT2D eigenvalue weighted by molar-refractivity contribution is -0.870. The van der Waals surface area contributed by atoms with E-state index < -0.39 is 13.9 Å². The quantitative estimate of drug-likeness (QED) is 0.0281. The molecule has 0 bridgehead atoms. The Bertz CT molecular complexity index is 1210. The number of carbonyl (C=O) groups excluding carboxylic acids is 1. The van der Waals surface area contributed by atoms with Crippen molar-refractivity contribution in [3.05, 3.63) is 0 Å². The maximum absolute atomic E-state index is 12.9. The van der Waals surface area contributed by atoms with Crippen LogP contribution in [0.4, 0.5) is 0 Å². The topological polar surface area (TPSA) is 91.3 Å². The van der Waals surface area contributed by atoms with Crippen LogP contribution < -0.4 is 0 Å². The third kappa shape index (κ3) is 66.3. The van der Waals surface area contributed by atoms with E-state index in [1.807, 2.05) is 21.1 Å². The minimum Gasteiger partial charge on any atom is -0.457 e. The van der Waals surface area contributed by atoms with Gasteiger partial charge in [0.15, 0.2) is 0 Å². The molecule has 0 spiro atoms. The zero-order valence-corrected chi connectivity index (χ0v) is 54.6. The minimum absolute atomic E-state index is 0.0947. The van der Waals surface area contributed by atoms with Gasteiger partial charge in [0, 0.05) is 13.0 Å². The predicted octanol–water partition coefficient (Wildman–Crippen LogP) is 23.0. The van der Waals surface area contributed by atoms with Gasteiger partial charge in [-0.3, -0.25) is 13.8 Å². The van der Waals surface area contributed by atoms with Crippen LogP contribution in [0.15, 0.2) is 0 Å². The van der Waals surface area contributed by atoms with Gasteiger partial charge in [0.2, 0.25) is 0 Å². The zero-order chi connectivity index (χ0) is 56.8. The molecular formula is C69H141NO7P+. The molecule has 0 aromatic heterocycles. The Morgan fingerprint density at radius 3 is 0.846 bits per heavy atom. The number of phosphoric ester groups is 1. The van der Waals surface area contributed by atoms with Crippen molar-refractivity contribution in [1.82, 2.24) is 0 Å². The molecule has 0 saturated heterocycles. The summed E-state index contributed by atoms with van der Waals surface area (Å²) in [6.45, 7) is 5.74. The van der Waals surface area contributed by atoms with Crippen LogP contribution in [0, 0.1) is 0 Å². The Kier molecular flexibility index (Phi) is 62.1. The highest BCUT2D eigenvalue weighted by atomic mass is 31.2. The third-order valence-electron chi connectivity index (χ3n) is 16.4. The largest absolute Gasteiger partial charge is 0.472 e.